The quantitative estimate of drug-likeness (QED) is 0.866. The molecule has 0 saturated carbocycles. The highest BCUT2D eigenvalue weighted by molar-refractivity contribution is 5.68. The van der Waals surface area contributed by atoms with Crippen LogP contribution in [0.2, 0.25) is 0 Å². The first-order valence-corrected chi connectivity index (χ1v) is 8.19. The number of aromatic nitrogens is 2. The molecular weight excluding hydrogens is 349 g/mol. The number of nitrogens with zero attached hydrogens (tertiary/aromatic N) is 2. The zero-order valence-electron chi connectivity index (χ0n) is 13.9. The number of hydrogen-bond donors (Lipinski definition) is 2. The first kappa shape index (κ1) is 18.1. The molecule has 1 fully saturated rings. The van der Waals surface area contributed by atoms with E-state index in [9.17, 15) is 18.0 Å². The van der Waals surface area contributed by atoms with Crippen LogP contribution >= 0.6 is 0 Å². The lowest BCUT2D eigenvalue weighted by molar-refractivity contribution is -0.189. The minimum atomic E-state index is -4.32. The molecule has 2 aromatic rings. The second kappa shape index (κ2) is 7.27. The van der Waals surface area contributed by atoms with E-state index in [1.807, 2.05) is 18.2 Å². The van der Waals surface area contributed by atoms with Gasteiger partial charge in [0.05, 0.1) is 17.7 Å². The molecule has 0 spiro atoms. The summed E-state index contributed by atoms with van der Waals surface area (Å²) in [4.78, 5) is 13.8. The predicted octanol–water partition coefficient (Wildman–Crippen LogP) is 3.64. The summed E-state index contributed by atoms with van der Waals surface area (Å²) in [7, 11) is 0. The average Bonchev–Trinajstić information content (AvgIpc) is 3.05. The first-order valence-electron chi connectivity index (χ1n) is 8.19. The van der Waals surface area contributed by atoms with Gasteiger partial charge in [0.1, 0.15) is 12.4 Å². The fraction of sp³-hybridized carbons (Fsp3) is 0.412. The molecule has 140 valence electrons. The average molecular weight is 368 g/mol. The molecule has 26 heavy (non-hydrogen) atoms. The standard InChI is InChI=1S/C17H19F3N4O2/c18-17(19,20)12-6-7-24(14(8-12)13-9-15(21)23-22-13)16(25)26-10-11-4-2-1-3-5-11/h1-5,9,12,14H,6-8,10H2,(H3,21,22,23). The Morgan fingerprint density at radius 3 is 2.69 bits per heavy atom. The van der Waals surface area contributed by atoms with Gasteiger partial charge >= 0.3 is 12.3 Å². The Labute approximate surface area is 148 Å². The van der Waals surface area contributed by atoms with E-state index < -0.39 is 24.2 Å². The lowest BCUT2D eigenvalue weighted by Gasteiger charge is -2.38. The maximum Gasteiger partial charge on any atom is 0.410 e. The van der Waals surface area contributed by atoms with Crippen LogP contribution in [0.4, 0.5) is 23.8 Å². The highest BCUT2D eigenvalue weighted by Gasteiger charge is 2.46. The predicted molar refractivity (Wildman–Crippen MR) is 87.9 cm³/mol. The van der Waals surface area contributed by atoms with Crippen molar-refractivity contribution in [1.82, 2.24) is 15.1 Å². The normalized spacial score (nSPS) is 20.8. The van der Waals surface area contributed by atoms with Gasteiger partial charge in [-0.15, -0.1) is 0 Å². The number of nitrogens with two attached hydrogens (primary N) is 1. The summed E-state index contributed by atoms with van der Waals surface area (Å²) < 4.78 is 44.7. The van der Waals surface area contributed by atoms with Gasteiger partial charge in [-0.3, -0.25) is 10.00 Å². The number of nitrogen functional groups attached to an aromatic ring is 1. The highest BCUT2D eigenvalue weighted by Crippen LogP contribution is 2.42. The van der Waals surface area contributed by atoms with E-state index in [1.165, 1.54) is 11.0 Å². The number of hydrogen-bond acceptors (Lipinski definition) is 4. The fourth-order valence-electron chi connectivity index (χ4n) is 3.10. The monoisotopic (exact) mass is 368 g/mol. The number of carbonyl (C=O) groups is 1. The minimum absolute atomic E-state index is 0.0523. The molecular formula is C17H19F3N4O2. The van der Waals surface area contributed by atoms with Crippen molar-refractivity contribution in [1.29, 1.82) is 0 Å². The number of anilines is 1. The number of amides is 1. The maximum absolute atomic E-state index is 13.1. The molecule has 2 unspecified atom stereocenters. The lowest BCUT2D eigenvalue weighted by Crippen LogP contribution is -2.44. The summed E-state index contributed by atoms with van der Waals surface area (Å²) in [6.45, 7) is -0.00189. The summed E-state index contributed by atoms with van der Waals surface area (Å²) in [6.07, 6.45) is -5.40. The van der Waals surface area contributed by atoms with E-state index in [-0.39, 0.29) is 31.8 Å². The van der Waals surface area contributed by atoms with E-state index in [0.717, 1.165) is 5.56 Å². The Morgan fingerprint density at radius 2 is 2.08 bits per heavy atom. The van der Waals surface area contributed by atoms with Crippen LogP contribution in [0.3, 0.4) is 0 Å². The molecule has 1 aromatic heterocycles. The van der Waals surface area contributed by atoms with Crippen LogP contribution in [0, 0.1) is 5.92 Å². The molecule has 2 heterocycles. The molecule has 1 saturated heterocycles. The molecule has 0 aliphatic carbocycles. The second-order valence-corrected chi connectivity index (χ2v) is 6.26. The molecule has 1 aliphatic rings. The Morgan fingerprint density at radius 1 is 1.35 bits per heavy atom. The van der Waals surface area contributed by atoms with Gasteiger partial charge in [0.2, 0.25) is 0 Å². The van der Waals surface area contributed by atoms with Crippen molar-refractivity contribution in [3.8, 4) is 0 Å². The van der Waals surface area contributed by atoms with Crippen molar-refractivity contribution in [2.45, 2.75) is 31.7 Å². The Balaban J connectivity index is 1.74. The Bertz CT molecular complexity index is 748. The highest BCUT2D eigenvalue weighted by atomic mass is 19.4. The zero-order chi connectivity index (χ0) is 18.7. The molecule has 1 aromatic carbocycles. The third-order valence-electron chi connectivity index (χ3n) is 4.48. The number of rotatable bonds is 3. The van der Waals surface area contributed by atoms with E-state index in [0.29, 0.717) is 5.69 Å². The number of likely N-dealkylation sites (tertiary alicyclic amines) is 1. The number of nitrogens with one attached hydrogen (secondary N) is 1. The van der Waals surface area contributed by atoms with Crippen LogP contribution in [0.25, 0.3) is 0 Å². The van der Waals surface area contributed by atoms with Crippen molar-refractivity contribution >= 4 is 11.9 Å². The third kappa shape index (κ3) is 4.09. The van der Waals surface area contributed by atoms with Gasteiger partial charge in [-0.1, -0.05) is 30.3 Å². The first-order chi connectivity index (χ1) is 12.3. The number of alkyl halides is 3. The van der Waals surface area contributed by atoms with Crippen LogP contribution in [0.15, 0.2) is 36.4 Å². The summed E-state index contributed by atoms with van der Waals surface area (Å²) in [6, 6.07) is 9.70. The summed E-state index contributed by atoms with van der Waals surface area (Å²) >= 11 is 0. The molecule has 0 radical (unpaired) electrons. The van der Waals surface area contributed by atoms with Crippen molar-refractivity contribution in [2.75, 3.05) is 12.3 Å². The van der Waals surface area contributed by atoms with Crippen molar-refractivity contribution in [3.63, 3.8) is 0 Å². The Hall–Kier alpha value is -2.71. The molecule has 0 bridgehead atoms. The van der Waals surface area contributed by atoms with Crippen molar-refractivity contribution in [3.05, 3.63) is 47.7 Å². The van der Waals surface area contributed by atoms with Crippen LogP contribution in [0.5, 0.6) is 0 Å². The molecule has 2 atom stereocenters. The number of benzene rings is 1. The third-order valence-corrected chi connectivity index (χ3v) is 4.48. The van der Waals surface area contributed by atoms with Gasteiger partial charge in [-0.2, -0.15) is 18.3 Å². The summed E-state index contributed by atoms with van der Waals surface area (Å²) in [5, 5.41) is 6.37. The van der Waals surface area contributed by atoms with Crippen LogP contribution in [-0.2, 0) is 11.3 Å². The number of aromatic amines is 1. The van der Waals surface area contributed by atoms with Gasteiger partial charge in [0.15, 0.2) is 0 Å². The zero-order valence-corrected chi connectivity index (χ0v) is 13.9. The van der Waals surface area contributed by atoms with Gasteiger partial charge in [-0.05, 0) is 18.4 Å². The van der Waals surface area contributed by atoms with E-state index in [4.69, 9.17) is 10.5 Å². The molecule has 6 nitrogen and oxygen atoms in total. The largest absolute Gasteiger partial charge is 0.445 e. The topological polar surface area (TPSA) is 84.2 Å². The number of ether oxygens (including phenoxy) is 1. The van der Waals surface area contributed by atoms with E-state index >= 15 is 0 Å². The fourth-order valence-corrected chi connectivity index (χ4v) is 3.10. The van der Waals surface area contributed by atoms with E-state index in [1.54, 1.807) is 12.1 Å². The number of piperidine rings is 1. The van der Waals surface area contributed by atoms with Crippen LogP contribution < -0.4 is 5.73 Å². The lowest BCUT2D eigenvalue weighted by atomic mass is 9.89. The molecule has 3 rings (SSSR count). The number of carbonyl (C=O) groups excluding carboxylic acids is 1. The summed E-state index contributed by atoms with van der Waals surface area (Å²) in [5.41, 5.74) is 6.73. The summed E-state index contributed by atoms with van der Waals surface area (Å²) in [5.74, 6) is -1.33. The van der Waals surface area contributed by atoms with Gasteiger partial charge in [0, 0.05) is 12.6 Å². The maximum atomic E-state index is 13.1. The number of halogens is 3. The number of H-pyrrole nitrogens is 1. The molecule has 3 N–H and O–H groups in total. The molecule has 9 heteroatoms. The van der Waals surface area contributed by atoms with Gasteiger partial charge in [-0.25, -0.2) is 4.79 Å². The van der Waals surface area contributed by atoms with Crippen molar-refractivity contribution < 1.29 is 22.7 Å². The van der Waals surface area contributed by atoms with Crippen molar-refractivity contribution in [2.24, 2.45) is 5.92 Å². The second-order valence-electron chi connectivity index (χ2n) is 6.26. The van der Waals surface area contributed by atoms with Gasteiger partial charge in [0.25, 0.3) is 0 Å². The Kier molecular flexibility index (Phi) is 5.06. The molecule has 1 aliphatic heterocycles. The minimum Gasteiger partial charge on any atom is -0.445 e. The smallest absolute Gasteiger partial charge is 0.410 e. The van der Waals surface area contributed by atoms with Crippen LogP contribution in [0.1, 0.15) is 30.1 Å². The van der Waals surface area contributed by atoms with E-state index in [2.05, 4.69) is 10.2 Å². The SMILES string of the molecule is Nc1cc(C2CC(C(F)(F)F)CCN2C(=O)OCc2ccccc2)[nH]n1. The van der Waals surface area contributed by atoms with Gasteiger partial charge < -0.3 is 10.5 Å². The molecule has 1 amide bonds. The van der Waals surface area contributed by atoms with Crippen LogP contribution in [-0.4, -0.2) is 33.9 Å².